The van der Waals surface area contributed by atoms with Gasteiger partial charge in [-0.15, -0.1) is 11.3 Å². The number of thiazole rings is 1. The second kappa shape index (κ2) is 8.15. The zero-order valence-electron chi connectivity index (χ0n) is 15.2. The van der Waals surface area contributed by atoms with Crippen LogP contribution in [-0.2, 0) is 4.79 Å². The van der Waals surface area contributed by atoms with Crippen LogP contribution in [0, 0.1) is 0 Å². The molecule has 3 aromatic rings. The molecule has 0 atom stereocenters. The van der Waals surface area contributed by atoms with Gasteiger partial charge in [-0.1, -0.05) is 12.1 Å². The van der Waals surface area contributed by atoms with Gasteiger partial charge in [0.25, 0.3) is 0 Å². The highest BCUT2D eigenvalue weighted by Crippen LogP contribution is 2.31. The van der Waals surface area contributed by atoms with Crippen LogP contribution in [0.4, 0.5) is 5.69 Å². The summed E-state index contributed by atoms with van der Waals surface area (Å²) < 4.78 is 6.63. The van der Waals surface area contributed by atoms with Crippen molar-refractivity contribution in [2.24, 2.45) is 0 Å². The van der Waals surface area contributed by atoms with Gasteiger partial charge >= 0.3 is 0 Å². The minimum atomic E-state index is 0.556. The summed E-state index contributed by atoms with van der Waals surface area (Å²) in [5.41, 5.74) is 3.44. The molecule has 134 valence electrons. The van der Waals surface area contributed by atoms with Gasteiger partial charge in [0, 0.05) is 30.4 Å². The highest BCUT2D eigenvalue weighted by atomic mass is 32.1. The van der Waals surface area contributed by atoms with E-state index in [9.17, 15) is 4.79 Å². The lowest BCUT2D eigenvalue weighted by molar-refractivity contribution is -0.103. The molecule has 0 aliphatic heterocycles. The number of carbonyl (C=O) groups excluding carboxylic acids is 1. The normalized spacial score (nSPS) is 11.6. The van der Waals surface area contributed by atoms with E-state index in [4.69, 9.17) is 4.74 Å². The summed E-state index contributed by atoms with van der Waals surface area (Å²) in [5, 5.41) is 0.719. The van der Waals surface area contributed by atoms with Crippen molar-refractivity contribution in [1.82, 2.24) is 4.98 Å². The Bertz CT molecular complexity index is 909. The molecule has 2 aromatic carbocycles. The molecular formula is C21H22N2O2S. The van der Waals surface area contributed by atoms with E-state index in [1.807, 2.05) is 42.5 Å². The fourth-order valence-electron chi connectivity index (χ4n) is 2.91. The Morgan fingerprint density at radius 1 is 1.19 bits per heavy atom. The first kappa shape index (κ1) is 18.1. The van der Waals surface area contributed by atoms with Gasteiger partial charge in [-0.2, -0.15) is 0 Å². The SMILES string of the molecule is CCN(CC)c1ccc(/C=C(\C=O)c2nc3ccccc3s2)c(OC)c1. The third-order valence-electron chi connectivity index (χ3n) is 4.32. The van der Waals surface area contributed by atoms with Gasteiger partial charge in [-0.05, 0) is 44.2 Å². The van der Waals surface area contributed by atoms with Gasteiger partial charge < -0.3 is 9.64 Å². The zero-order valence-corrected chi connectivity index (χ0v) is 16.0. The van der Waals surface area contributed by atoms with E-state index in [-0.39, 0.29) is 0 Å². The minimum absolute atomic E-state index is 0.556. The average Bonchev–Trinajstić information content (AvgIpc) is 3.11. The maximum absolute atomic E-state index is 11.7. The number of benzene rings is 2. The number of hydrogen-bond donors (Lipinski definition) is 0. The predicted molar refractivity (Wildman–Crippen MR) is 110 cm³/mol. The lowest BCUT2D eigenvalue weighted by Crippen LogP contribution is -2.21. The molecule has 3 rings (SSSR count). The third kappa shape index (κ3) is 3.63. The molecule has 0 amide bonds. The molecule has 0 N–H and O–H groups in total. The van der Waals surface area contributed by atoms with Crippen molar-refractivity contribution in [3.8, 4) is 5.75 Å². The van der Waals surface area contributed by atoms with Crippen molar-refractivity contribution in [2.45, 2.75) is 13.8 Å². The number of ether oxygens (including phenoxy) is 1. The van der Waals surface area contributed by atoms with E-state index in [1.165, 1.54) is 11.3 Å². The Kier molecular flexibility index (Phi) is 5.68. The number of fused-ring (bicyclic) bond motifs is 1. The van der Waals surface area contributed by atoms with Crippen LogP contribution in [0.3, 0.4) is 0 Å². The number of hydrogen-bond acceptors (Lipinski definition) is 5. The summed E-state index contributed by atoms with van der Waals surface area (Å²) in [6, 6.07) is 14.0. The Balaban J connectivity index is 2.01. The molecule has 0 aliphatic rings. The van der Waals surface area contributed by atoms with Crippen LogP contribution in [0.1, 0.15) is 24.4 Å². The largest absolute Gasteiger partial charge is 0.496 e. The Hall–Kier alpha value is -2.66. The summed E-state index contributed by atoms with van der Waals surface area (Å²) in [6.45, 7) is 6.11. The number of aromatic nitrogens is 1. The first-order chi connectivity index (χ1) is 12.7. The van der Waals surface area contributed by atoms with E-state index in [2.05, 4.69) is 29.8 Å². The fraction of sp³-hybridized carbons (Fsp3) is 0.238. The molecule has 4 nitrogen and oxygen atoms in total. The predicted octanol–water partition coefficient (Wildman–Crippen LogP) is 4.89. The van der Waals surface area contributed by atoms with E-state index in [1.54, 1.807) is 7.11 Å². The highest BCUT2D eigenvalue weighted by Gasteiger charge is 2.11. The molecule has 1 aromatic heterocycles. The van der Waals surface area contributed by atoms with Crippen LogP contribution in [-0.4, -0.2) is 31.5 Å². The second-order valence-electron chi connectivity index (χ2n) is 5.80. The quantitative estimate of drug-likeness (QED) is 0.441. The van der Waals surface area contributed by atoms with Crippen molar-refractivity contribution in [1.29, 1.82) is 0 Å². The van der Waals surface area contributed by atoms with Crippen LogP contribution < -0.4 is 9.64 Å². The van der Waals surface area contributed by atoms with Crippen molar-refractivity contribution in [2.75, 3.05) is 25.1 Å². The molecule has 0 aliphatic carbocycles. The van der Waals surface area contributed by atoms with Crippen molar-refractivity contribution >= 4 is 45.2 Å². The van der Waals surface area contributed by atoms with Crippen LogP contribution in [0.2, 0.25) is 0 Å². The molecule has 0 spiro atoms. The Labute approximate surface area is 157 Å². The van der Waals surface area contributed by atoms with Gasteiger partial charge in [0.15, 0.2) is 6.29 Å². The molecule has 0 saturated heterocycles. The fourth-order valence-corrected chi connectivity index (χ4v) is 3.86. The molecule has 0 fully saturated rings. The van der Waals surface area contributed by atoms with Crippen LogP contribution in [0.15, 0.2) is 42.5 Å². The van der Waals surface area contributed by atoms with Crippen molar-refractivity contribution < 1.29 is 9.53 Å². The third-order valence-corrected chi connectivity index (χ3v) is 5.41. The van der Waals surface area contributed by atoms with Crippen molar-refractivity contribution in [3.05, 3.63) is 53.0 Å². The summed E-state index contributed by atoms with van der Waals surface area (Å²) >= 11 is 1.52. The number of para-hydroxylation sites is 1. The van der Waals surface area contributed by atoms with Crippen molar-refractivity contribution in [3.63, 3.8) is 0 Å². The summed E-state index contributed by atoms with van der Waals surface area (Å²) in [7, 11) is 1.65. The number of allylic oxidation sites excluding steroid dienone is 1. The molecular weight excluding hydrogens is 344 g/mol. The summed E-state index contributed by atoms with van der Waals surface area (Å²) in [4.78, 5) is 18.5. The molecule has 5 heteroatoms. The summed E-state index contributed by atoms with van der Waals surface area (Å²) in [5.74, 6) is 0.745. The second-order valence-corrected chi connectivity index (χ2v) is 6.83. The molecule has 0 bridgehead atoms. The molecule has 0 saturated carbocycles. The van der Waals surface area contributed by atoms with Gasteiger partial charge in [0.2, 0.25) is 0 Å². The number of methoxy groups -OCH3 is 1. The van der Waals surface area contributed by atoms with Crippen LogP contribution in [0.5, 0.6) is 5.75 Å². The van der Waals surface area contributed by atoms with Gasteiger partial charge in [-0.25, -0.2) is 4.98 Å². The average molecular weight is 366 g/mol. The zero-order chi connectivity index (χ0) is 18.5. The maximum Gasteiger partial charge on any atom is 0.153 e. The minimum Gasteiger partial charge on any atom is -0.496 e. The number of carbonyl (C=O) groups is 1. The van der Waals surface area contributed by atoms with E-state index in [0.29, 0.717) is 5.57 Å². The smallest absolute Gasteiger partial charge is 0.153 e. The van der Waals surface area contributed by atoms with E-state index >= 15 is 0 Å². The summed E-state index contributed by atoms with van der Waals surface area (Å²) in [6.07, 6.45) is 2.70. The van der Waals surface area contributed by atoms with Gasteiger partial charge in [0.1, 0.15) is 10.8 Å². The van der Waals surface area contributed by atoms with Crippen LogP contribution >= 0.6 is 11.3 Å². The molecule has 1 heterocycles. The monoisotopic (exact) mass is 366 g/mol. The lowest BCUT2D eigenvalue weighted by atomic mass is 10.1. The molecule has 26 heavy (non-hydrogen) atoms. The van der Waals surface area contributed by atoms with Crippen LogP contribution in [0.25, 0.3) is 21.9 Å². The van der Waals surface area contributed by atoms with Gasteiger partial charge in [0.05, 0.1) is 22.9 Å². The van der Waals surface area contributed by atoms with Gasteiger partial charge in [-0.3, -0.25) is 4.79 Å². The number of nitrogens with zero attached hydrogens (tertiary/aromatic N) is 2. The first-order valence-electron chi connectivity index (χ1n) is 8.66. The standard InChI is InChI=1S/C21H22N2O2S/c1-4-23(5-2)17-11-10-15(19(13-17)25-3)12-16(14-24)21-22-18-8-6-7-9-20(18)26-21/h6-14H,4-5H2,1-3H3/b16-12+. The Morgan fingerprint density at radius 2 is 1.96 bits per heavy atom. The van der Waals surface area contributed by atoms with E-state index in [0.717, 1.165) is 51.6 Å². The maximum atomic E-state index is 11.7. The number of anilines is 1. The lowest BCUT2D eigenvalue weighted by Gasteiger charge is -2.22. The first-order valence-corrected chi connectivity index (χ1v) is 9.47. The molecule has 0 unspecified atom stereocenters. The topological polar surface area (TPSA) is 42.4 Å². The molecule has 0 radical (unpaired) electrons. The number of rotatable bonds is 7. The van der Waals surface area contributed by atoms with E-state index < -0.39 is 0 Å². The number of aldehydes is 1. The Morgan fingerprint density at radius 3 is 2.62 bits per heavy atom. The highest BCUT2D eigenvalue weighted by molar-refractivity contribution is 7.19.